The molecule has 0 aliphatic carbocycles. The molecule has 2 aromatic heterocycles. The second kappa shape index (κ2) is 13.0. The van der Waals surface area contributed by atoms with Gasteiger partial charge in [-0.3, -0.25) is 10.1 Å². The molecule has 11 nitrogen and oxygen atoms in total. The van der Waals surface area contributed by atoms with Crippen molar-refractivity contribution in [2.75, 3.05) is 5.32 Å². The first-order valence-electron chi connectivity index (χ1n) is 12.5. The zero-order valence-corrected chi connectivity index (χ0v) is 23.2. The van der Waals surface area contributed by atoms with Gasteiger partial charge in [0.2, 0.25) is 5.91 Å². The molecular formula is C29H22Cl2N8O3. The van der Waals surface area contributed by atoms with Gasteiger partial charge in [-0.25, -0.2) is 4.79 Å². The first kappa shape index (κ1) is 28.4. The monoisotopic (exact) mass is 600 g/mol. The number of halogens is 2. The Hall–Kier alpha value is -5.13. The number of hydrogen-bond acceptors (Lipinski definition) is 7. The highest BCUT2D eigenvalue weighted by Gasteiger charge is 2.20. The minimum absolute atomic E-state index is 0.143. The van der Waals surface area contributed by atoms with Gasteiger partial charge < -0.3 is 10.4 Å². The molecule has 0 aliphatic heterocycles. The van der Waals surface area contributed by atoms with Gasteiger partial charge in [0.25, 0.3) is 0 Å². The number of nitrogens with one attached hydrogen (secondary N) is 2. The third-order valence-corrected chi connectivity index (χ3v) is 6.71. The summed E-state index contributed by atoms with van der Waals surface area (Å²) in [4.78, 5) is 24.2. The van der Waals surface area contributed by atoms with Crippen LogP contribution < -0.4 is 10.6 Å². The Bertz CT molecular complexity index is 1730. The predicted molar refractivity (Wildman–Crippen MR) is 158 cm³/mol. The molecule has 13 heteroatoms. The van der Waals surface area contributed by atoms with E-state index in [1.807, 2.05) is 30.3 Å². The van der Waals surface area contributed by atoms with E-state index in [1.54, 1.807) is 54.6 Å². The molecule has 3 N–H and O–H groups in total. The van der Waals surface area contributed by atoms with E-state index in [0.717, 1.165) is 5.56 Å². The Balaban J connectivity index is 1.43. The zero-order chi connectivity index (χ0) is 29.5. The maximum Gasteiger partial charge on any atom is 0.409 e. The summed E-state index contributed by atoms with van der Waals surface area (Å²) >= 11 is 12.7. The number of hydrogen-bond donors (Lipinski definition) is 3. The smallest absolute Gasteiger partial charge is 0.409 e. The minimum Gasteiger partial charge on any atom is -0.465 e. The number of aromatic nitrogens is 6. The lowest BCUT2D eigenvalue weighted by Crippen LogP contribution is -2.29. The standard InChI is InChI=1S/C29H22Cl2N8O3/c30-21-9-12-26(39-17-32-37-38-39)20(15-21)8-13-27(40)34-25(14-18-4-2-1-3-5-18)23-16-24(35-36-28(23)31)19-6-10-22(11-7-19)33-29(41)42/h1-13,15-17,25,33H,14H2,(H,34,40)(H,41,42). The van der Waals surface area contributed by atoms with Crippen molar-refractivity contribution in [1.82, 2.24) is 35.7 Å². The van der Waals surface area contributed by atoms with Crippen molar-refractivity contribution >= 4 is 47.0 Å². The van der Waals surface area contributed by atoms with Gasteiger partial charge in [-0.05, 0) is 64.9 Å². The van der Waals surface area contributed by atoms with E-state index in [4.69, 9.17) is 28.3 Å². The average Bonchev–Trinajstić information content (AvgIpc) is 3.52. The van der Waals surface area contributed by atoms with Crippen molar-refractivity contribution in [1.29, 1.82) is 0 Å². The lowest BCUT2D eigenvalue weighted by atomic mass is 9.98. The molecule has 3 aromatic carbocycles. The molecule has 2 heterocycles. The molecule has 0 aliphatic rings. The number of rotatable bonds is 9. The minimum atomic E-state index is -1.16. The summed E-state index contributed by atoms with van der Waals surface area (Å²) in [5, 5.41) is 34.5. The van der Waals surface area contributed by atoms with Crippen LogP contribution in [0.2, 0.25) is 10.2 Å². The maximum atomic E-state index is 13.3. The van der Waals surface area contributed by atoms with Crippen LogP contribution in [-0.2, 0) is 11.2 Å². The fourth-order valence-corrected chi connectivity index (χ4v) is 4.64. The van der Waals surface area contributed by atoms with Crippen LogP contribution in [0.3, 0.4) is 0 Å². The first-order chi connectivity index (χ1) is 20.4. The number of amides is 2. The number of carboxylic acid groups (broad SMARTS) is 1. The van der Waals surface area contributed by atoms with Crippen molar-refractivity contribution in [3.63, 3.8) is 0 Å². The van der Waals surface area contributed by atoms with E-state index >= 15 is 0 Å². The van der Waals surface area contributed by atoms with Crippen LogP contribution in [-0.4, -0.2) is 47.5 Å². The van der Waals surface area contributed by atoms with Gasteiger partial charge in [0.05, 0.1) is 17.4 Å². The van der Waals surface area contributed by atoms with E-state index in [1.165, 1.54) is 17.1 Å². The van der Waals surface area contributed by atoms with Crippen LogP contribution in [0, 0.1) is 0 Å². The van der Waals surface area contributed by atoms with Gasteiger partial charge >= 0.3 is 6.09 Å². The molecule has 0 radical (unpaired) electrons. The molecule has 2 amide bonds. The number of anilines is 1. The Morgan fingerprint density at radius 1 is 0.976 bits per heavy atom. The molecule has 1 unspecified atom stereocenters. The van der Waals surface area contributed by atoms with Crippen LogP contribution in [0.15, 0.2) is 91.3 Å². The fourth-order valence-electron chi connectivity index (χ4n) is 4.24. The second-order valence-electron chi connectivity index (χ2n) is 9.02. The van der Waals surface area contributed by atoms with Crippen LogP contribution in [0.4, 0.5) is 10.5 Å². The van der Waals surface area contributed by atoms with Crippen molar-refractivity contribution < 1.29 is 14.7 Å². The highest BCUT2D eigenvalue weighted by molar-refractivity contribution is 6.31. The largest absolute Gasteiger partial charge is 0.465 e. The molecule has 0 spiro atoms. The van der Waals surface area contributed by atoms with Gasteiger partial charge in [0, 0.05) is 33.5 Å². The summed E-state index contributed by atoms with van der Waals surface area (Å²) in [5.74, 6) is -0.378. The highest BCUT2D eigenvalue weighted by atomic mass is 35.5. The molecule has 210 valence electrons. The molecule has 0 saturated carbocycles. The van der Waals surface area contributed by atoms with Crippen LogP contribution in [0.1, 0.15) is 22.7 Å². The van der Waals surface area contributed by atoms with Crippen molar-refractivity contribution in [2.24, 2.45) is 0 Å². The third kappa shape index (κ3) is 7.14. The third-order valence-electron chi connectivity index (χ3n) is 6.18. The van der Waals surface area contributed by atoms with Crippen LogP contribution in [0.5, 0.6) is 0 Å². The summed E-state index contributed by atoms with van der Waals surface area (Å²) in [6.07, 6.45) is 3.74. The number of benzene rings is 3. The zero-order valence-electron chi connectivity index (χ0n) is 21.7. The molecule has 0 saturated heterocycles. The molecule has 5 rings (SSSR count). The molecule has 0 bridgehead atoms. The SMILES string of the molecule is O=C(O)Nc1ccc(-c2cc(C(Cc3ccccc3)NC(=O)C=Cc3cc(Cl)ccc3-n3cnnn3)c(Cl)nn2)cc1. The summed E-state index contributed by atoms with van der Waals surface area (Å²) in [5.41, 5.74) is 4.43. The summed E-state index contributed by atoms with van der Waals surface area (Å²) in [7, 11) is 0. The Morgan fingerprint density at radius 2 is 1.76 bits per heavy atom. The van der Waals surface area contributed by atoms with E-state index < -0.39 is 12.1 Å². The van der Waals surface area contributed by atoms with E-state index in [9.17, 15) is 9.59 Å². The van der Waals surface area contributed by atoms with Gasteiger partial charge in [-0.1, -0.05) is 65.7 Å². The lowest BCUT2D eigenvalue weighted by Gasteiger charge is -2.20. The molecule has 42 heavy (non-hydrogen) atoms. The normalized spacial score (nSPS) is 11.8. The van der Waals surface area contributed by atoms with Gasteiger partial charge in [-0.15, -0.1) is 15.3 Å². The van der Waals surface area contributed by atoms with Crippen molar-refractivity contribution in [3.8, 4) is 16.9 Å². The fraction of sp³-hybridized carbons (Fsp3) is 0.0690. The topological polar surface area (TPSA) is 148 Å². The highest BCUT2D eigenvalue weighted by Crippen LogP contribution is 2.29. The van der Waals surface area contributed by atoms with E-state index in [2.05, 4.69) is 36.4 Å². The lowest BCUT2D eigenvalue weighted by molar-refractivity contribution is -0.117. The van der Waals surface area contributed by atoms with Crippen LogP contribution >= 0.6 is 23.2 Å². The van der Waals surface area contributed by atoms with Gasteiger partial charge in [0.1, 0.15) is 6.33 Å². The Kier molecular flexibility index (Phi) is 8.81. The average molecular weight is 601 g/mol. The Morgan fingerprint density at radius 3 is 2.48 bits per heavy atom. The van der Waals surface area contributed by atoms with Crippen molar-refractivity contribution in [2.45, 2.75) is 12.5 Å². The number of tetrazole rings is 1. The molecular weight excluding hydrogens is 579 g/mol. The number of carbonyl (C=O) groups excluding carboxylic acids is 1. The van der Waals surface area contributed by atoms with Gasteiger partial charge in [-0.2, -0.15) is 4.68 Å². The van der Waals surface area contributed by atoms with Crippen molar-refractivity contribution in [3.05, 3.63) is 118 Å². The van der Waals surface area contributed by atoms with E-state index in [-0.39, 0.29) is 11.1 Å². The molecule has 5 aromatic rings. The summed E-state index contributed by atoms with van der Waals surface area (Å²) < 4.78 is 1.47. The number of nitrogens with zero attached hydrogens (tertiary/aromatic N) is 6. The van der Waals surface area contributed by atoms with Gasteiger partial charge in [0.15, 0.2) is 5.15 Å². The number of carbonyl (C=O) groups is 2. The predicted octanol–water partition coefficient (Wildman–Crippen LogP) is 5.63. The summed E-state index contributed by atoms with van der Waals surface area (Å²) in [6.45, 7) is 0. The first-order valence-corrected chi connectivity index (χ1v) is 13.3. The molecule has 1 atom stereocenters. The second-order valence-corrected chi connectivity index (χ2v) is 9.82. The maximum absolute atomic E-state index is 13.3. The molecule has 0 fully saturated rings. The van der Waals surface area contributed by atoms with Crippen LogP contribution in [0.25, 0.3) is 23.0 Å². The van der Waals surface area contributed by atoms with E-state index in [0.29, 0.717) is 45.2 Å². The quantitative estimate of drug-likeness (QED) is 0.184. The summed E-state index contributed by atoms with van der Waals surface area (Å²) in [6, 6.07) is 22.7. The Labute approximate surface area is 249 Å².